The van der Waals surface area contributed by atoms with Crippen LogP contribution in [-0.4, -0.2) is 22.9 Å². The van der Waals surface area contributed by atoms with Crippen molar-refractivity contribution >= 4 is 5.91 Å². The monoisotopic (exact) mass is 286 g/mol. The Bertz CT molecular complexity index is 550. The standard InChI is InChI=1S/C18H26N2O/c1-11-5-6-12(2)16(9-11)17-19-14(4)18(21)20(17)13(3)10-15-7-8-15/h5-6,9,13-15,17,19H,7-8,10H2,1-4H3. The molecule has 21 heavy (non-hydrogen) atoms. The normalized spacial score (nSPS) is 27.2. The minimum absolute atomic E-state index is 0.0288. The number of benzene rings is 1. The van der Waals surface area contributed by atoms with Gasteiger partial charge in [-0.25, -0.2) is 0 Å². The van der Waals surface area contributed by atoms with Crippen molar-refractivity contribution < 1.29 is 4.79 Å². The Morgan fingerprint density at radius 2 is 2.05 bits per heavy atom. The van der Waals surface area contributed by atoms with E-state index in [1.165, 1.54) is 29.5 Å². The van der Waals surface area contributed by atoms with E-state index in [1.807, 2.05) is 6.92 Å². The third kappa shape index (κ3) is 2.84. The molecule has 2 fully saturated rings. The van der Waals surface area contributed by atoms with E-state index in [0.29, 0.717) is 6.04 Å². The molecule has 3 atom stereocenters. The van der Waals surface area contributed by atoms with E-state index < -0.39 is 0 Å². The molecule has 0 spiro atoms. The van der Waals surface area contributed by atoms with Crippen LogP contribution in [0.2, 0.25) is 0 Å². The summed E-state index contributed by atoms with van der Waals surface area (Å²) < 4.78 is 0. The van der Waals surface area contributed by atoms with Crippen LogP contribution in [0.1, 0.15) is 56.0 Å². The van der Waals surface area contributed by atoms with Crippen LogP contribution in [0.3, 0.4) is 0 Å². The van der Waals surface area contributed by atoms with Gasteiger partial charge < -0.3 is 4.90 Å². The molecule has 1 aliphatic carbocycles. The average molecular weight is 286 g/mol. The summed E-state index contributed by atoms with van der Waals surface area (Å²) in [6.07, 6.45) is 3.84. The Morgan fingerprint density at radius 1 is 1.33 bits per heavy atom. The van der Waals surface area contributed by atoms with Gasteiger partial charge in [0.1, 0.15) is 6.17 Å². The first-order valence-corrected chi connectivity index (χ1v) is 8.12. The Kier molecular flexibility index (Phi) is 3.78. The molecule has 3 nitrogen and oxygen atoms in total. The molecule has 1 aromatic carbocycles. The van der Waals surface area contributed by atoms with Gasteiger partial charge in [0.25, 0.3) is 0 Å². The number of hydrogen-bond donors (Lipinski definition) is 1. The summed E-state index contributed by atoms with van der Waals surface area (Å²) in [6, 6.07) is 6.74. The highest BCUT2D eigenvalue weighted by Crippen LogP contribution is 2.38. The SMILES string of the molecule is Cc1ccc(C)c(C2NC(C)C(=O)N2C(C)CC2CC2)c1. The molecular weight excluding hydrogens is 260 g/mol. The van der Waals surface area contributed by atoms with E-state index >= 15 is 0 Å². The minimum Gasteiger partial charge on any atom is -0.319 e. The number of nitrogens with zero attached hydrogens (tertiary/aromatic N) is 1. The minimum atomic E-state index is -0.0865. The van der Waals surface area contributed by atoms with Crippen LogP contribution in [0.25, 0.3) is 0 Å². The summed E-state index contributed by atoms with van der Waals surface area (Å²) >= 11 is 0. The van der Waals surface area contributed by atoms with E-state index in [1.54, 1.807) is 0 Å². The molecule has 3 heteroatoms. The summed E-state index contributed by atoms with van der Waals surface area (Å²) in [5.74, 6) is 1.08. The van der Waals surface area contributed by atoms with E-state index in [4.69, 9.17) is 0 Å². The van der Waals surface area contributed by atoms with Crippen molar-refractivity contribution in [1.29, 1.82) is 0 Å². The molecule has 1 aliphatic heterocycles. The van der Waals surface area contributed by atoms with Crippen molar-refractivity contribution in [3.8, 4) is 0 Å². The topological polar surface area (TPSA) is 32.3 Å². The first kappa shape index (κ1) is 14.6. The fourth-order valence-electron chi connectivity index (χ4n) is 3.45. The van der Waals surface area contributed by atoms with Crippen LogP contribution in [0.15, 0.2) is 18.2 Å². The third-order valence-electron chi connectivity index (χ3n) is 4.89. The van der Waals surface area contributed by atoms with E-state index in [0.717, 1.165) is 12.3 Å². The molecule has 0 bridgehead atoms. The van der Waals surface area contributed by atoms with Gasteiger partial charge in [-0.2, -0.15) is 0 Å². The van der Waals surface area contributed by atoms with E-state index in [2.05, 4.69) is 49.2 Å². The van der Waals surface area contributed by atoms with Crippen molar-refractivity contribution in [3.05, 3.63) is 34.9 Å². The number of rotatable bonds is 4. The molecule has 1 N–H and O–H groups in total. The molecule has 2 aliphatic rings. The lowest BCUT2D eigenvalue weighted by Gasteiger charge is -2.31. The van der Waals surface area contributed by atoms with Gasteiger partial charge in [0, 0.05) is 6.04 Å². The summed E-state index contributed by atoms with van der Waals surface area (Å²) in [7, 11) is 0. The van der Waals surface area contributed by atoms with Crippen LogP contribution in [0, 0.1) is 19.8 Å². The maximum atomic E-state index is 12.6. The zero-order valence-corrected chi connectivity index (χ0v) is 13.5. The molecule has 3 rings (SSSR count). The van der Waals surface area contributed by atoms with E-state index in [-0.39, 0.29) is 18.1 Å². The van der Waals surface area contributed by atoms with Crippen LogP contribution in [0.4, 0.5) is 0 Å². The zero-order chi connectivity index (χ0) is 15.1. The molecular formula is C18H26N2O. The quantitative estimate of drug-likeness (QED) is 0.921. The van der Waals surface area contributed by atoms with Crippen molar-refractivity contribution in [2.45, 2.75) is 65.2 Å². The number of amides is 1. The lowest BCUT2D eigenvalue weighted by atomic mass is 10.0. The van der Waals surface area contributed by atoms with Gasteiger partial charge in [-0.1, -0.05) is 36.6 Å². The number of hydrogen-bond acceptors (Lipinski definition) is 2. The third-order valence-corrected chi connectivity index (χ3v) is 4.89. The van der Waals surface area contributed by atoms with Gasteiger partial charge >= 0.3 is 0 Å². The van der Waals surface area contributed by atoms with Gasteiger partial charge in [-0.3, -0.25) is 10.1 Å². The van der Waals surface area contributed by atoms with Crippen molar-refractivity contribution in [1.82, 2.24) is 10.2 Å². The van der Waals surface area contributed by atoms with Crippen LogP contribution >= 0.6 is 0 Å². The number of carbonyl (C=O) groups is 1. The number of aryl methyl sites for hydroxylation is 2. The highest BCUT2D eigenvalue weighted by Gasteiger charge is 2.41. The smallest absolute Gasteiger partial charge is 0.241 e. The van der Waals surface area contributed by atoms with Gasteiger partial charge in [0.15, 0.2) is 0 Å². The predicted molar refractivity (Wildman–Crippen MR) is 84.9 cm³/mol. The highest BCUT2D eigenvalue weighted by molar-refractivity contribution is 5.84. The first-order chi connectivity index (χ1) is 9.97. The fraction of sp³-hybridized carbons (Fsp3) is 0.611. The lowest BCUT2D eigenvalue weighted by molar-refractivity contribution is -0.132. The molecule has 1 saturated carbocycles. The maximum absolute atomic E-state index is 12.6. The second kappa shape index (κ2) is 5.45. The number of nitrogens with one attached hydrogen (secondary N) is 1. The molecule has 1 aromatic rings. The lowest BCUT2D eigenvalue weighted by Crippen LogP contribution is -2.38. The molecule has 0 radical (unpaired) electrons. The van der Waals surface area contributed by atoms with Crippen LogP contribution in [0.5, 0.6) is 0 Å². The van der Waals surface area contributed by atoms with Gasteiger partial charge in [-0.15, -0.1) is 0 Å². The van der Waals surface area contributed by atoms with Crippen molar-refractivity contribution in [2.24, 2.45) is 5.92 Å². The Morgan fingerprint density at radius 3 is 2.71 bits per heavy atom. The van der Waals surface area contributed by atoms with Gasteiger partial charge in [-0.05, 0) is 51.2 Å². The Balaban J connectivity index is 1.90. The second-order valence-corrected chi connectivity index (χ2v) is 6.92. The highest BCUT2D eigenvalue weighted by atomic mass is 16.2. The summed E-state index contributed by atoms with van der Waals surface area (Å²) in [6.45, 7) is 8.42. The van der Waals surface area contributed by atoms with E-state index in [9.17, 15) is 4.79 Å². The average Bonchev–Trinajstić information content (AvgIpc) is 3.19. The van der Waals surface area contributed by atoms with Crippen LogP contribution in [-0.2, 0) is 4.79 Å². The molecule has 1 heterocycles. The molecule has 3 unspecified atom stereocenters. The maximum Gasteiger partial charge on any atom is 0.241 e. The first-order valence-electron chi connectivity index (χ1n) is 8.12. The second-order valence-electron chi connectivity index (χ2n) is 6.92. The van der Waals surface area contributed by atoms with Gasteiger partial charge in [0.05, 0.1) is 6.04 Å². The molecule has 1 saturated heterocycles. The fourth-order valence-corrected chi connectivity index (χ4v) is 3.45. The summed E-state index contributed by atoms with van der Waals surface area (Å²) in [5, 5.41) is 3.49. The zero-order valence-electron chi connectivity index (χ0n) is 13.5. The molecule has 1 amide bonds. The van der Waals surface area contributed by atoms with Crippen LogP contribution < -0.4 is 5.32 Å². The molecule has 0 aromatic heterocycles. The van der Waals surface area contributed by atoms with Gasteiger partial charge in [0.2, 0.25) is 5.91 Å². The van der Waals surface area contributed by atoms with Crippen molar-refractivity contribution in [2.75, 3.05) is 0 Å². The molecule has 114 valence electrons. The Labute approximate surface area is 127 Å². The van der Waals surface area contributed by atoms with Crippen molar-refractivity contribution in [3.63, 3.8) is 0 Å². The summed E-state index contributed by atoms with van der Waals surface area (Å²) in [5.41, 5.74) is 3.75. The largest absolute Gasteiger partial charge is 0.319 e. The number of carbonyl (C=O) groups excluding carboxylic acids is 1. The summed E-state index contributed by atoms with van der Waals surface area (Å²) in [4.78, 5) is 14.7. The predicted octanol–water partition coefficient (Wildman–Crippen LogP) is 3.31. The Hall–Kier alpha value is -1.35.